The predicted octanol–water partition coefficient (Wildman–Crippen LogP) is 0.745. The highest BCUT2D eigenvalue weighted by Crippen LogP contribution is 2.24. The van der Waals surface area contributed by atoms with Crippen LogP contribution in [0.15, 0.2) is 29.4 Å². The van der Waals surface area contributed by atoms with Crippen LogP contribution in [-0.4, -0.2) is 37.2 Å². The summed E-state index contributed by atoms with van der Waals surface area (Å²) in [6.45, 7) is 2.40. The Morgan fingerprint density at radius 3 is 2.74 bits per heavy atom. The second-order valence-electron chi connectivity index (χ2n) is 5.53. The molecule has 4 nitrogen and oxygen atoms in total. The number of methoxy groups -OCH3 is 1. The molecule has 3 aliphatic heterocycles. The van der Waals surface area contributed by atoms with Crippen molar-refractivity contribution in [2.75, 3.05) is 20.2 Å². The van der Waals surface area contributed by atoms with E-state index in [9.17, 15) is 5.21 Å². The number of nitrogens with one attached hydrogen (secondary N) is 1. The van der Waals surface area contributed by atoms with Crippen LogP contribution in [0.4, 0.5) is 0 Å². The SMILES string of the molecule is COc1ccccc1CC1C(=NO)C2CC[NH+]1CC2. The lowest BCUT2D eigenvalue weighted by atomic mass is 9.79. The standard InChI is InChI=1S/C15H20N2O2/c1-19-14-5-3-2-4-12(14)10-13-15(16-18)11-6-8-17(13)9-7-11/h2-5,11,13,18H,6-10H2,1H3/p+1. The number of nitrogens with zero attached hydrogens (tertiary/aromatic N) is 1. The maximum Gasteiger partial charge on any atom is 0.134 e. The third-order valence-electron chi connectivity index (χ3n) is 4.63. The molecule has 3 aliphatic rings. The van der Waals surface area contributed by atoms with E-state index >= 15 is 0 Å². The van der Waals surface area contributed by atoms with Gasteiger partial charge in [-0.3, -0.25) is 0 Å². The quantitative estimate of drug-likeness (QED) is 0.623. The van der Waals surface area contributed by atoms with Crippen LogP contribution in [0, 0.1) is 5.92 Å². The van der Waals surface area contributed by atoms with E-state index in [1.54, 1.807) is 12.0 Å². The molecule has 4 rings (SSSR count). The maximum absolute atomic E-state index is 9.33. The number of piperidine rings is 3. The minimum Gasteiger partial charge on any atom is -0.496 e. The lowest BCUT2D eigenvalue weighted by Crippen LogP contribution is -3.20. The molecule has 0 saturated carbocycles. The van der Waals surface area contributed by atoms with Crippen LogP contribution < -0.4 is 9.64 Å². The molecule has 0 amide bonds. The van der Waals surface area contributed by atoms with E-state index < -0.39 is 0 Å². The second-order valence-corrected chi connectivity index (χ2v) is 5.53. The van der Waals surface area contributed by atoms with Gasteiger partial charge in [0, 0.05) is 30.7 Å². The molecule has 0 aromatic heterocycles. The number of para-hydroxylation sites is 1. The Labute approximate surface area is 113 Å². The summed E-state index contributed by atoms with van der Waals surface area (Å²) >= 11 is 0. The molecular formula is C15H21N2O2+. The van der Waals surface area contributed by atoms with Gasteiger partial charge in [0.15, 0.2) is 0 Å². The number of oxime groups is 1. The predicted molar refractivity (Wildman–Crippen MR) is 73.1 cm³/mol. The summed E-state index contributed by atoms with van der Waals surface area (Å²) in [5, 5.41) is 12.9. The first-order chi connectivity index (χ1) is 9.33. The molecule has 1 aromatic rings. The van der Waals surface area contributed by atoms with Crippen LogP contribution in [0.2, 0.25) is 0 Å². The van der Waals surface area contributed by atoms with Crippen LogP contribution in [-0.2, 0) is 6.42 Å². The molecule has 2 N–H and O–H groups in total. The number of rotatable bonds is 3. The Bertz CT molecular complexity index is 479. The van der Waals surface area contributed by atoms with E-state index in [0.29, 0.717) is 12.0 Å². The van der Waals surface area contributed by atoms with Gasteiger partial charge >= 0.3 is 0 Å². The highest BCUT2D eigenvalue weighted by molar-refractivity contribution is 5.91. The van der Waals surface area contributed by atoms with Gasteiger partial charge in [0.1, 0.15) is 17.5 Å². The first-order valence-electron chi connectivity index (χ1n) is 7.01. The van der Waals surface area contributed by atoms with Gasteiger partial charge in [0.05, 0.1) is 20.2 Å². The molecule has 3 saturated heterocycles. The molecule has 1 unspecified atom stereocenters. The minimum absolute atomic E-state index is 0.314. The van der Waals surface area contributed by atoms with Crippen molar-refractivity contribution in [1.29, 1.82) is 0 Å². The van der Waals surface area contributed by atoms with Crippen LogP contribution >= 0.6 is 0 Å². The first kappa shape index (κ1) is 12.5. The summed E-state index contributed by atoms with van der Waals surface area (Å²) in [6, 6.07) is 8.45. The van der Waals surface area contributed by atoms with Gasteiger partial charge in [-0.05, 0) is 6.07 Å². The Morgan fingerprint density at radius 2 is 2.05 bits per heavy atom. The van der Waals surface area contributed by atoms with Gasteiger partial charge in [-0.2, -0.15) is 0 Å². The topological polar surface area (TPSA) is 46.3 Å². The Hall–Kier alpha value is -1.55. The molecule has 0 spiro atoms. The summed E-state index contributed by atoms with van der Waals surface area (Å²) in [4.78, 5) is 1.56. The molecule has 4 heteroatoms. The summed E-state index contributed by atoms with van der Waals surface area (Å²) in [5.41, 5.74) is 2.20. The molecule has 0 radical (unpaired) electrons. The number of hydrogen-bond donors (Lipinski definition) is 2. The zero-order valence-corrected chi connectivity index (χ0v) is 11.3. The number of hydrogen-bond acceptors (Lipinski definition) is 3. The lowest BCUT2D eigenvalue weighted by molar-refractivity contribution is -0.926. The highest BCUT2D eigenvalue weighted by Gasteiger charge is 2.43. The average molecular weight is 261 g/mol. The van der Waals surface area contributed by atoms with Crippen molar-refractivity contribution in [2.24, 2.45) is 11.1 Å². The fraction of sp³-hybridized carbons (Fsp3) is 0.533. The fourth-order valence-corrected chi connectivity index (χ4v) is 3.62. The normalized spacial score (nSPS) is 31.6. The number of ether oxygens (including phenoxy) is 1. The van der Waals surface area contributed by atoms with Crippen molar-refractivity contribution < 1.29 is 14.8 Å². The monoisotopic (exact) mass is 261 g/mol. The van der Waals surface area contributed by atoms with Gasteiger partial charge in [-0.1, -0.05) is 23.4 Å². The van der Waals surface area contributed by atoms with Gasteiger partial charge in [-0.15, -0.1) is 0 Å². The highest BCUT2D eigenvalue weighted by atomic mass is 16.5. The molecule has 1 aromatic carbocycles. The van der Waals surface area contributed by atoms with Gasteiger partial charge in [0.2, 0.25) is 0 Å². The Kier molecular flexibility index (Phi) is 3.42. The molecule has 3 fully saturated rings. The molecule has 1 atom stereocenters. The number of fused-ring (bicyclic) bond motifs is 3. The lowest BCUT2D eigenvalue weighted by Gasteiger charge is -2.42. The molecule has 2 bridgehead atoms. The maximum atomic E-state index is 9.33. The summed E-state index contributed by atoms with van der Waals surface area (Å²) in [7, 11) is 1.71. The van der Waals surface area contributed by atoms with Gasteiger partial charge in [-0.25, -0.2) is 0 Å². The van der Waals surface area contributed by atoms with Crippen molar-refractivity contribution in [2.45, 2.75) is 25.3 Å². The van der Waals surface area contributed by atoms with Crippen molar-refractivity contribution in [3.8, 4) is 5.75 Å². The van der Waals surface area contributed by atoms with E-state index in [1.165, 1.54) is 18.7 Å². The first-order valence-corrected chi connectivity index (χ1v) is 7.01. The van der Waals surface area contributed by atoms with Crippen molar-refractivity contribution in [3.63, 3.8) is 0 Å². The van der Waals surface area contributed by atoms with E-state index in [2.05, 4.69) is 11.2 Å². The molecule has 102 valence electrons. The third kappa shape index (κ3) is 2.21. The van der Waals surface area contributed by atoms with Crippen LogP contribution in [0.5, 0.6) is 5.75 Å². The van der Waals surface area contributed by atoms with Gasteiger partial charge < -0.3 is 14.8 Å². The van der Waals surface area contributed by atoms with Crippen molar-refractivity contribution in [3.05, 3.63) is 29.8 Å². The largest absolute Gasteiger partial charge is 0.496 e. The Morgan fingerprint density at radius 1 is 1.32 bits per heavy atom. The number of benzene rings is 1. The average Bonchev–Trinajstić information content (AvgIpc) is 2.49. The van der Waals surface area contributed by atoms with E-state index in [0.717, 1.165) is 30.7 Å². The van der Waals surface area contributed by atoms with Crippen LogP contribution in [0.25, 0.3) is 0 Å². The molecular weight excluding hydrogens is 240 g/mol. The fourth-order valence-electron chi connectivity index (χ4n) is 3.62. The van der Waals surface area contributed by atoms with E-state index in [-0.39, 0.29) is 0 Å². The molecule has 19 heavy (non-hydrogen) atoms. The van der Waals surface area contributed by atoms with Crippen molar-refractivity contribution >= 4 is 5.71 Å². The third-order valence-corrected chi connectivity index (χ3v) is 4.63. The smallest absolute Gasteiger partial charge is 0.134 e. The summed E-state index contributed by atoms with van der Waals surface area (Å²) < 4.78 is 5.42. The van der Waals surface area contributed by atoms with E-state index in [4.69, 9.17) is 4.74 Å². The second kappa shape index (κ2) is 5.21. The van der Waals surface area contributed by atoms with E-state index in [1.807, 2.05) is 18.2 Å². The molecule has 0 aliphatic carbocycles. The van der Waals surface area contributed by atoms with Crippen LogP contribution in [0.1, 0.15) is 18.4 Å². The zero-order valence-electron chi connectivity index (χ0n) is 11.3. The minimum atomic E-state index is 0.314. The summed E-state index contributed by atoms with van der Waals surface area (Å²) in [6.07, 6.45) is 3.23. The Balaban J connectivity index is 1.85. The molecule has 3 heterocycles. The number of quaternary nitrogens is 1. The van der Waals surface area contributed by atoms with Gasteiger partial charge in [0.25, 0.3) is 0 Å². The zero-order chi connectivity index (χ0) is 13.2. The summed E-state index contributed by atoms with van der Waals surface area (Å²) in [5.74, 6) is 1.42. The van der Waals surface area contributed by atoms with Crippen molar-refractivity contribution in [1.82, 2.24) is 0 Å². The van der Waals surface area contributed by atoms with Crippen LogP contribution in [0.3, 0.4) is 0 Å².